The lowest BCUT2D eigenvalue weighted by atomic mass is 10.0. The zero-order valence-electron chi connectivity index (χ0n) is 10.00. The third kappa shape index (κ3) is 2.32. The van der Waals surface area contributed by atoms with Crippen molar-refractivity contribution >= 4 is 26.6 Å². The third-order valence-corrected chi connectivity index (χ3v) is 4.32. The topological polar surface area (TPSA) is 80.4 Å². The first-order chi connectivity index (χ1) is 8.43. The molecule has 1 atom stereocenters. The SMILES string of the molecule is CCC(c1cccc2ccc(N)cc12)S(=O)(=O)O. The Bertz CT molecular complexity index is 680. The normalized spacial score (nSPS) is 13.7. The van der Waals surface area contributed by atoms with Crippen molar-refractivity contribution in [2.45, 2.75) is 18.6 Å². The Kier molecular flexibility index (Phi) is 3.28. The minimum atomic E-state index is -4.11. The molecule has 96 valence electrons. The van der Waals surface area contributed by atoms with Crippen LogP contribution < -0.4 is 5.73 Å². The molecule has 0 bridgehead atoms. The Morgan fingerprint density at radius 2 is 2.00 bits per heavy atom. The molecule has 2 aromatic rings. The molecule has 0 aliphatic rings. The Morgan fingerprint density at radius 1 is 1.28 bits per heavy atom. The van der Waals surface area contributed by atoms with E-state index in [0.717, 1.165) is 10.8 Å². The summed E-state index contributed by atoms with van der Waals surface area (Å²) >= 11 is 0. The highest BCUT2D eigenvalue weighted by molar-refractivity contribution is 7.86. The molecule has 0 aliphatic carbocycles. The van der Waals surface area contributed by atoms with Gasteiger partial charge in [-0.1, -0.05) is 31.2 Å². The van der Waals surface area contributed by atoms with Gasteiger partial charge >= 0.3 is 0 Å². The standard InChI is InChI=1S/C13H15NO3S/c1-2-13(18(15,16)17)11-5-3-4-9-6-7-10(14)8-12(9)11/h3-8,13H,2,14H2,1H3,(H,15,16,17). The van der Waals surface area contributed by atoms with Gasteiger partial charge in [-0.2, -0.15) is 8.42 Å². The number of benzene rings is 2. The smallest absolute Gasteiger partial charge is 0.272 e. The summed E-state index contributed by atoms with van der Waals surface area (Å²) in [6.07, 6.45) is 0.312. The predicted molar refractivity (Wildman–Crippen MR) is 72.9 cm³/mol. The van der Waals surface area contributed by atoms with Crippen LogP contribution in [-0.4, -0.2) is 13.0 Å². The molecule has 2 rings (SSSR count). The second-order valence-corrected chi connectivity index (χ2v) is 5.84. The monoisotopic (exact) mass is 265 g/mol. The van der Waals surface area contributed by atoms with E-state index in [1.807, 2.05) is 12.1 Å². The van der Waals surface area contributed by atoms with Crippen LogP contribution in [0.15, 0.2) is 36.4 Å². The maximum atomic E-state index is 11.4. The van der Waals surface area contributed by atoms with Gasteiger partial charge in [-0.15, -0.1) is 0 Å². The van der Waals surface area contributed by atoms with Crippen molar-refractivity contribution in [2.24, 2.45) is 0 Å². The van der Waals surface area contributed by atoms with Crippen LogP contribution in [0.5, 0.6) is 0 Å². The number of rotatable bonds is 3. The fourth-order valence-electron chi connectivity index (χ4n) is 2.19. The van der Waals surface area contributed by atoms with Gasteiger partial charge in [0.2, 0.25) is 0 Å². The number of nitrogens with two attached hydrogens (primary N) is 1. The number of hydrogen-bond donors (Lipinski definition) is 2. The number of anilines is 1. The van der Waals surface area contributed by atoms with Gasteiger partial charge in [0, 0.05) is 5.69 Å². The zero-order chi connectivity index (χ0) is 13.3. The van der Waals surface area contributed by atoms with Crippen LogP contribution in [0.3, 0.4) is 0 Å². The van der Waals surface area contributed by atoms with Gasteiger partial charge < -0.3 is 5.73 Å². The van der Waals surface area contributed by atoms with Crippen LogP contribution in [0.1, 0.15) is 24.2 Å². The number of fused-ring (bicyclic) bond motifs is 1. The molecule has 1 unspecified atom stereocenters. The third-order valence-electron chi connectivity index (χ3n) is 3.02. The summed E-state index contributed by atoms with van der Waals surface area (Å²) < 4.78 is 32.1. The van der Waals surface area contributed by atoms with Crippen LogP contribution in [0.4, 0.5) is 5.69 Å². The fraction of sp³-hybridized carbons (Fsp3) is 0.231. The van der Waals surface area contributed by atoms with Gasteiger partial charge in [-0.05, 0) is 34.9 Å². The molecule has 0 aromatic heterocycles. The Labute approximate surface area is 106 Å². The van der Waals surface area contributed by atoms with Gasteiger partial charge in [-0.3, -0.25) is 4.55 Å². The van der Waals surface area contributed by atoms with Crippen LogP contribution in [-0.2, 0) is 10.1 Å². The van der Waals surface area contributed by atoms with Gasteiger partial charge in [0.25, 0.3) is 10.1 Å². The molecule has 0 saturated carbocycles. The van der Waals surface area contributed by atoms with Crippen LogP contribution in [0.25, 0.3) is 10.8 Å². The maximum Gasteiger partial charge on any atom is 0.272 e. The lowest BCUT2D eigenvalue weighted by Gasteiger charge is -2.15. The lowest BCUT2D eigenvalue weighted by molar-refractivity contribution is 0.467. The van der Waals surface area contributed by atoms with Crippen LogP contribution in [0, 0.1) is 0 Å². The van der Waals surface area contributed by atoms with E-state index in [2.05, 4.69) is 0 Å². The van der Waals surface area contributed by atoms with Crippen molar-refractivity contribution in [2.75, 3.05) is 5.73 Å². The van der Waals surface area contributed by atoms with E-state index in [1.54, 1.807) is 31.2 Å². The van der Waals surface area contributed by atoms with Crippen molar-refractivity contribution in [1.82, 2.24) is 0 Å². The molecule has 3 N–H and O–H groups in total. The second kappa shape index (κ2) is 4.59. The molecule has 0 fully saturated rings. The van der Waals surface area contributed by atoms with Crippen molar-refractivity contribution in [3.63, 3.8) is 0 Å². The molecule has 0 saturated heterocycles. The quantitative estimate of drug-likeness (QED) is 0.660. The molecule has 4 nitrogen and oxygen atoms in total. The molecule has 0 spiro atoms. The summed E-state index contributed by atoms with van der Waals surface area (Å²) in [5.74, 6) is 0. The van der Waals surface area contributed by atoms with E-state index in [9.17, 15) is 13.0 Å². The summed E-state index contributed by atoms with van der Waals surface area (Å²) in [6, 6.07) is 10.7. The molecule has 0 aliphatic heterocycles. The van der Waals surface area contributed by atoms with Gasteiger partial charge in [-0.25, -0.2) is 0 Å². The summed E-state index contributed by atoms with van der Waals surface area (Å²) in [5, 5.41) is 0.758. The first-order valence-corrected chi connectivity index (χ1v) is 7.18. The largest absolute Gasteiger partial charge is 0.399 e. The second-order valence-electron chi connectivity index (χ2n) is 4.24. The van der Waals surface area contributed by atoms with E-state index in [4.69, 9.17) is 5.73 Å². The maximum absolute atomic E-state index is 11.4. The number of hydrogen-bond acceptors (Lipinski definition) is 3. The zero-order valence-corrected chi connectivity index (χ0v) is 10.8. The van der Waals surface area contributed by atoms with Gasteiger partial charge in [0.05, 0.1) is 0 Å². The highest BCUT2D eigenvalue weighted by Gasteiger charge is 2.24. The summed E-state index contributed by atoms with van der Waals surface area (Å²) in [5.41, 5.74) is 6.89. The highest BCUT2D eigenvalue weighted by atomic mass is 32.2. The molecule has 5 heteroatoms. The minimum absolute atomic E-state index is 0.312. The Hall–Kier alpha value is -1.59. The van der Waals surface area contributed by atoms with E-state index < -0.39 is 15.4 Å². The first kappa shape index (κ1) is 12.9. The van der Waals surface area contributed by atoms with Crippen LogP contribution in [0.2, 0.25) is 0 Å². The predicted octanol–water partition coefficient (Wildman–Crippen LogP) is 2.76. The molecular formula is C13H15NO3S. The average Bonchev–Trinajstić information content (AvgIpc) is 2.28. The van der Waals surface area contributed by atoms with E-state index >= 15 is 0 Å². The summed E-state index contributed by atoms with van der Waals surface area (Å²) in [6.45, 7) is 1.73. The average molecular weight is 265 g/mol. The molecule has 0 radical (unpaired) electrons. The highest BCUT2D eigenvalue weighted by Crippen LogP contribution is 2.32. The van der Waals surface area contributed by atoms with E-state index in [0.29, 0.717) is 17.7 Å². The summed E-state index contributed by atoms with van der Waals surface area (Å²) in [7, 11) is -4.11. The van der Waals surface area contributed by atoms with Crippen molar-refractivity contribution in [3.05, 3.63) is 42.0 Å². The molecule has 2 aromatic carbocycles. The molecule has 0 amide bonds. The van der Waals surface area contributed by atoms with Gasteiger partial charge in [0.15, 0.2) is 0 Å². The number of nitrogen functional groups attached to an aromatic ring is 1. The minimum Gasteiger partial charge on any atom is -0.399 e. The van der Waals surface area contributed by atoms with Crippen molar-refractivity contribution in [3.8, 4) is 0 Å². The first-order valence-electron chi connectivity index (χ1n) is 5.68. The Morgan fingerprint density at radius 3 is 2.61 bits per heavy atom. The van der Waals surface area contributed by atoms with Crippen molar-refractivity contribution < 1.29 is 13.0 Å². The Balaban J connectivity index is 2.74. The summed E-state index contributed by atoms with van der Waals surface area (Å²) in [4.78, 5) is 0. The molecular weight excluding hydrogens is 250 g/mol. The molecule has 0 heterocycles. The van der Waals surface area contributed by atoms with Crippen molar-refractivity contribution in [1.29, 1.82) is 0 Å². The van der Waals surface area contributed by atoms with E-state index in [-0.39, 0.29) is 0 Å². The molecule has 18 heavy (non-hydrogen) atoms. The van der Waals surface area contributed by atoms with Gasteiger partial charge in [0.1, 0.15) is 5.25 Å². The fourth-order valence-corrected chi connectivity index (χ4v) is 3.13. The van der Waals surface area contributed by atoms with Crippen LogP contribution >= 0.6 is 0 Å². The lowest BCUT2D eigenvalue weighted by Crippen LogP contribution is -2.11. The van der Waals surface area contributed by atoms with E-state index in [1.165, 1.54) is 0 Å².